The minimum atomic E-state index is -0.695. The molecule has 1 aliphatic heterocycles. The Morgan fingerprint density at radius 2 is 1.88 bits per heavy atom. The molecule has 0 radical (unpaired) electrons. The maximum Gasteiger partial charge on any atom is 0.229 e. The second-order valence-corrected chi connectivity index (χ2v) is 5.13. The molecule has 1 atom stereocenters. The van der Waals surface area contributed by atoms with Gasteiger partial charge in [-0.2, -0.15) is 0 Å². The van der Waals surface area contributed by atoms with Gasteiger partial charge in [-0.05, 0) is 12.5 Å². The van der Waals surface area contributed by atoms with Crippen LogP contribution in [0.4, 0.5) is 0 Å². The van der Waals surface area contributed by atoms with Crippen molar-refractivity contribution in [3.63, 3.8) is 0 Å². The third-order valence-corrected chi connectivity index (χ3v) is 2.69. The van der Waals surface area contributed by atoms with Crippen LogP contribution in [0.15, 0.2) is 0 Å². The van der Waals surface area contributed by atoms with E-state index in [1.807, 2.05) is 13.8 Å². The van der Waals surface area contributed by atoms with Crippen molar-refractivity contribution in [2.75, 3.05) is 20.1 Å². The minimum absolute atomic E-state index is 0.0919. The van der Waals surface area contributed by atoms with E-state index in [9.17, 15) is 14.7 Å². The van der Waals surface area contributed by atoms with Gasteiger partial charge in [-0.15, -0.1) is 0 Å². The molecule has 0 aliphatic carbocycles. The first-order chi connectivity index (χ1) is 7.35. The molecule has 5 nitrogen and oxygen atoms in total. The van der Waals surface area contributed by atoms with Crippen molar-refractivity contribution in [2.24, 2.45) is 5.41 Å². The molecule has 0 bridgehead atoms. The summed E-state index contributed by atoms with van der Waals surface area (Å²) in [6.07, 6.45) is 0.0369. The molecule has 0 aromatic carbocycles. The number of likely N-dealkylation sites (N-methyl/N-ethyl adjacent to an activating group) is 1. The SMILES string of the molecule is CNCC(O)CN1C(=O)CC(C)(C)CC1=O. The van der Waals surface area contributed by atoms with Crippen LogP contribution in [0.25, 0.3) is 0 Å². The van der Waals surface area contributed by atoms with Gasteiger partial charge in [0, 0.05) is 19.4 Å². The zero-order valence-corrected chi connectivity index (χ0v) is 10.1. The maximum absolute atomic E-state index is 11.7. The molecular formula is C11H20N2O3. The van der Waals surface area contributed by atoms with Crippen LogP contribution in [-0.2, 0) is 9.59 Å². The number of β-amino-alcohol motifs (C(OH)–C–C–N with tert-alkyl or cyclic N) is 1. The molecule has 2 amide bonds. The summed E-state index contributed by atoms with van der Waals surface area (Å²) >= 11 is 0. The number of carbonyl (C=O) groups is 2. The third kappa shape index (κ3) is 3.28. The Hall–Kier alpha value is -0.940. The van der Waals surface area contributed by atoms with Gasteiger partial charge in [0.2, 0.25) is 11.8 Å². The van der Waals surface area contributed by atoms with Crippen LogP contribution in [0, 0.1) is 5.41 Å². The van der Waals surface area contributed by atoms with E-state index in [2.05, 4.69) is 5.32 Å². The first-order valence-electron chi connectivity index (χ1n) is 5.51. The Bertz CT molecular complexity index is 269. The number of nitrogens with zero attached hydrogens (tertiary/aromatic N) is 1. The van der Waals surface area contributed by atoms with Gasteiger partial charge in [-0.25, -0.2) is 0 Å². The molecule has 1 rings (SSSR count). The fourth-order valence-corrected chi connectivity index (χ4v) is 1.93. The molecule has 92 valence electrons. The average Bonchev–Trinajstić information content (AvgIpc) is 2.10. The van der Waals surface area contributed by atoms with Crippen molar-refractivity contribution in [3.05, 3.63) is 0 Å². The van der Waals surface area contributed by atoms with E-state index in [1.165, 1.54) is 4.90 Å². The van der Waals surface area contributed by atoms with E-state index < -0.39 is 6.10 Å². The number of piperidine rings is 1. The van der Waals surface area contributed by atoms with E-state index in [0.29, 0.717) is 19.4 Å². The molecule has 0 saturated carbocycles. The molecule has 1 saturated heterocycles. The normalized spacial score (nSPS) is 22.4. The van der Waals surface area contributed by atoms with Crippen LogP contribution in [0.5, 0.6) is 0 Å². The van der Waals surface area contributed by atoms with Gasteiger partial charge in [-0.1, -0.05) is 13.8 Å². The lowest BCUT2D eigenvalue weighted by atomic mass is 9.81. The molecule has 0 spiro atoms. The molecule has 1 unspecified atom stereocenters. The van der Waals surface area contributed by atoms with Crippen molar-refractivity contribution in [3.8, 4) is 0 Å². The van der Waals surface area contributed by atoms with Crippen LogP contribution in [0.1, 0.15) is 26.7 Å². The van der Waals surface area contributed by atoms with Crippen LogP contribution < -0.4 is 5.32 Å². The number of rotatable bonds is 4. The monoisotopic (exact) mass is 228 g/mol. The average molecular weight is 228 g/mol. The van der Waals surface area contributed by atoms with Crippen LogP contribution >= 0.6 is 0 Å². The number of nitrogens with one attached hydrogen (secondary N) is 1. The Morgan fingerprint density at radius 3 is 2.31 bits per heavy atom. The van der Waals surface area contributed by atoms with Gasteiger partial charge in [0.15, 0.2) is 0 Å². The number of likely N-dealkylation sites (tertiary alicyclic amines) is 1. The smallest absolute Gasteiger partial charge is 0.229 e. The topological polar surface area (TPSA) is 69.6 Å². The van der Waals surface area contributed by atoms with Crippen LogP contribution in [0.2, 0.25) is 0 Å². The van der Waals surface area contributed by atoms with Gasteiger partial charge in [-0.3, -0.25) is 14.5 Å². The summed E-state index contributed by atoms with van der Waals surface area (Å²) in [4.78, 5) is 24.6. The van der Waals surface area contributed by atoms with Crippen LogP contribution in [0.3, 0.4) is 0 Å². The van der Waals surface area contributed by atoms with Crippen molar-refractivity contribution >= 4 is 11.8 Å². The predicted octanol–water partition coefficient (Wildman–Crippen LogP) is -0.258. The predicted molar refractivity (Wildman–Crippen MR) is 59.7 cm³/mol. The zero-order chi connectivity index (χ0) is 12.3. The highest BCUT2D eigenvalue weighted by Gasteiger charge is 2.37. The molecule has 5 heteroatoms. The van der Waals surface area contributed by atoms with E-state index in [4.69, 9.17) is 0 Å². The highest BCUT2D eigenvalue weighted by Crippen LogP contribution is 2.31. The van der Waals surface area contributed by atoms with E-state index >= 15 is 0 Å². The minimum Gasteiger partial charge on any atom is -0.390 e. The Labute approximate surface area is 95.8 Å². The molecule has 16 heavy (non-hydrogen) atoms. The second-order valence-electron chi connectivity index (χ2n) is 5.13. The Kier molecular flexibility index (Phi) is 4.04. The fraction of sp³-hybridized carbons (Fsp3) is 0.818. The van der Waals surface area contributed by atoms with Gasteiger partial charge >= 0.3 is 0 Å². The van der Waals surface area contributed by atoms with E-state index in [1.54, 1.807) is 7.05 Å². The highest BCUT2D eigenvalue weighted by atomic mass is 16.3. The summed E-state index contributed by atoms with van der Waals surface area (Å²) in [7, 11) is 1.71. The highest BCUT2D eigenvalue weighted by molar-refractivity contribution is 5.98. The molecule has 1 heterocycles. The number of hydrogen-bond acceptors (Lipinski definition) is 4. The Balaban J connectivity index is 2.61. The summed E-state index contributed by atoms with van der Waals surface area (Å²) in [5.41, 5.74) is -0.251. The van der Waals surface area contributed by atoms with Gasteiger partial charge in [0.1, 0.15) is 0 Å². The molecule has 1 fully saturated rings. The first-order valence-corrected chi connectivity index (χ1v) is 5.51. The van der Waals surface area contributed by atoms with Crippen molar-refractivity contribution in [2.45, 2.75) is 32.8 Å². The van der Waals surface area contributed by atoms with Crippen LogP contribution in [-0.4, -0.2) is 48.1 Å². The fourth-order valence-electron chi connectivity index (χ4n) is 1.93. The summed E-state index contributed by atoms with van der Waals surface area (Å²) in [6.45, 7) is 4.28. The molecule has 1 aliphatic rings. The molecular weight excluding hydrogens is 208 g/mol. The van der Waals surface area contributed by atoms with E-state index in [0.717, 1.165) is 0 Å². The lowest BCUT2D eigenvalue weighted by Crippen LogP contribution is -2.50. The second kappa shape index (κ2) is 4.93. The largest absolute Gasteiger partial charge is 0.390 e. The van der Waals surface area contributed by atoms with Crippen molar-refractivity contribution in [1.29, 1.82) is 0 Å². The standard InChI is InChI=1S/C11H20N2O3/c1-11(2)4-9(15)13(10(16)5-11)7-8(14)6-12-3/h8,12,14H,4-7H2,1-3H3. The quantitative estimate of drug-likeness (QED) is 0.651. The summed E-state index contributed by atoms with van der Waals surface area (Å²) in [5, 5.41) is 12.4. The first kappa shape index (κ1) is 13.1. The number of amides is 2. The molecule has 0 aromatic heterocycles. The lowest BCUT2D eigenvalue weighted by molar-refractivity contribution is -0.154. The van der Waals surface area contributed by atoms with Gasteiger partial charge in [0.25, 0.3) is 0 Å². The van der Waals surface area contributed by atoms with Crippen molar-refractivity contribution in [1.82, 2.24) is 10.2 Å². The Morgan fingerprint density at radius 1 is 1.38 bits per heavy atom. The van der Waals surface area contributed by atoms with Crippen molar-refractivity contribution < 1.29 is 14.7 Å². The summed E-state index contributed by atoms with van der Waals surface area (Å²) in [5.74, 6) is -0.368. The van der Waals surface area contributed by atoms with Gasteiger partial charge in [0.05, 0.1) is 12.6 Å². The number of hydrogen-bond donors (Lipinski definition) is 2. The lowest BCUT2D eigenvalue weighted by Gasteiger charge is -2.35. The summed E-state index contributed by atoms with van der Waals surface area (Å²) < 4.78 is 0. The molecule has 2 N–H and O–H groups in total. The number of carbonyl (C=O) groups excluding carboxylic acids is 2. The maximum atomic E-state index is 11.7. The zero-order valence-electron chi connectivity index (χ0n) is 10.1. The number of aliphatic hydroxyl groups excluding tert-OH is 1. The molecule has 0 aromatic rings. The number of imide groups is 1. The number of aliphatic hydroxyl groups is 1. The summed E-state index contributed by atoms with van der Waals surface area (Å²) in [6, 6.07) is 0. The van der Waals surface area contributed by atoms with E-state index in [-0.39, 0.29) is 23.8 Å². The third-order valence-electron chi connectivity index (χ3n) is 2.69. The van der Waals surface area contributed by atoms with Gasteiger partial charge < -0.3 is 10.4 Å².